The number of alkyl halides is 2. The summed E-state index contributed by atoms with van der Waals surface area (Å²) in [4.78, 5) is 0. The summed E-state index contributed by atoms with van der Waals surface area (Å²) < 4.78 is 28.7. The lowest BCUT2D eigenvalue weighted by atomic mass is 10.1. The number of hydrogen-bond donors (Lipinski definition) is 2. The van der Waals surface area contributed by atoms with Crippen molar-refractivity contribution < 1.29 is 13.5 Å². The summed E-state index contributed by atoms with van der Waals surface area (Å²) in [6, 6.07) is 8.91. The number of benzene rings is 1. The van der Waals surface area contributed by atoms with Crippen LogP contribution in [-0.2, 0) is 0 Å². The third kappa shape index (κ3) is 3.01. The molecule has 2 aromatic rings. The molecule has 3 rings (SSSR count). The predicted octanol–water partition coefficient (Wildman–Crippen LogP) is 3.25. The molecule has 6 heteroatoms. The van der Waals surface area contributed by atoms with Crippen LogP contribution >= 0.6 is 0 Å². The van der Waals surface area contributed by atoms with Crippen molar-refractivity contribution in [2.24, 2.45) is 0 Å². The summed E-state index contributed by atoms with van der Waals surface area (Å²) in [5.41, 5.74) is 1.53. The first kappa shape index (κ1) is 12.0. The van der Waals surface area contributed by atoms with Gasteiger partial charge in [-0.15, -0.1) is 0 Å². The molecule has 1 fully saturated rings. The first-order chi connectivity index (χ1) is 9.20. The molecule has 19 heavy (non-hydrogen) atoms. The van der Waals surface area contributed by atoms with Gasteiger partial charge in [0, 0.05) is 17.7 Å². The van der Waals surface area contributed by atoms with Crippen molar-refractivity contribution in [3.63, 3.8) is 0 Å². The third-order valence-corrected chi connectivity index (χ3v) is 2.88. The van der Waals surface area contributed by atoms with Gasteiger partial charge in [0.05, 0.1) is 5.69 Å². The smallest absolute Gasteiger partial charge is 0.387 e. The number of nitrogens with zero attached hydrogens (tertiary/aromatic N) is 1. The zero-order chi connectivity index (χ0) is 13.2. The number of halogens is 2. The second kappa shape index (κ2) is 4.87. The maximum Gasteiger partial charge on any atom is 0.387 e. The van der Waals surface area contributed by atoms with E-state index >= 15 is 0 Å². The predicted molar refractivity (Wildman–Crippen MR) is 67.3 cm³/mol. The number of anilines is 1. The lowest BCUT2D eigenvalue weighted by Crippen LogP contribution is -2.01. The van der Waals surface area contributed by atoms with E-state index in [9.17, 15) is 8.78 Å². The standard InChI is InChI=1S/C13H13F2N3O/c14-13(15)19-10-3-1-2-8(6-10)11-7-12(18-17-11)16-9-4-5-9/h1-3,6-7,9,13H,4-5H2,(H2,16,17,18). The first-order valence-electron chi connectivity index (χ1n) is 6.08. The van der Waals surface area contributed by atoms with Crippen molar-refractivity contribution in [1.29, 1.82) is 0 Å². The maximum atomic E-state index is 12.2. The van der Waals surface area contributed by atoms with Crippen LogP contribution in [0.3, 0.4) is 0 Å². The van der Waals surface area contributed by atoms with Crippen molar-refractivity contribution in [3.05, 3.63) is 30.3 Å². The molecule has 0 aliphatic heterocycles. The highest BCUT2D eigenvalue weighted by atomic mass is 19.3. The number of aromatic nitrogens is 2. The Morgan fingerprint density at radius 2 is 2.16 bits per heavy atom. The van der Waals surface area contributed by atoms with Gasteiger partial charge in [0.2, 0.25) is 0 Å². The second-order valence-corrected chi connectivity index (χ2v) is 4.49. The minimum absolute atomic E-state index is 0.138. The van der Waals surface area contributed by atoms with Gasteiger partial charge in [-0.25, -0.2) is 0 Å². The molecule has 0 unspecified atom stereocenters. The van der Waals surface area contributed by atoms with Crippen LogP contribution in [0.15, 0.2) is 30.3 Å². The fourth-order valence-electron chi connectivity index (χ4n) is 1.82. The monoisotopic (exact) mass is 265 g/mol. The molecule has 1 aromatic carbocycles. The number of ether oxygens (including phenoxy) is 1. The molecule has 4 nitrogen and oxygen atoms in total. The number of aromatic amines is 1. The van der Waals surface area contributed by atoms with E-state index in [-0.39, 0.29) is 5.75 Å². The van der Waals surface area contributed by atoms with Gasteiger partial charge in [-0.1, -0.05) is 12.1 Å². The Kier molecular flexibility index (Phi) is 3.06. The van der Waals surface area contributed by atoms with Crippen molar-refractivity contribution in [2.75, 3.05) is 5.32 Å². The average molecular weight is 265 g/mol. The first-order valence-corrected chi connectivity index (χ1v) is 6.08. The quantitative estimate of drug-likeness (QED) is 0.872. The van der Waals surface area contributed by atoms with Crippen molar-refractivity contribution in [1.82, 2.24) is 10.2 Å². The van der Waals surface area contributed by atoms with E-state index in [1.54, 1.807) is 12.1 Å². The summed E-state index contributed by atoms with van der Waals surface area (Å²) in [5.74, 6) is 0.913. The van der Waals surface area contributed by atoms with Crippen molar-refractivity contribution in [3.8, 4) is 17.0 Å². The van der Waals surface area contributed by atoms with Gasteiger partial charge in [0.25, 0.3) is 0 Å². The second-order valence-electron chi connectivity index (χ2n) is 4.49. The van der Waals surface area contributed by atoms with Crippen LogP contribution in [0.1, 0.15) is 12.8 Å². The molecule has 1 heterocycles. The molecular weight excluding hydrogens is 252 g/mol. The van der Waals surface area contributed by atoms with E-state index in [4.69, 9.17) is 0 Å². The van der Waals surface area contributed by atoms with Crippen LogP contribution in [0, 0.1) is 0 Å². The zero-order valence-electron chi connectivity index (χ0n) is 10.1. The number of hydrogen-bond acceptors (Lipinski definition) is 3. The largest absolute Gasteiger partial charge is 0.435 e. The van der Waals surface area contributed by atoms with E-state index in [0.29, 0.717) is 6.04 Å². The van der Waals surface area contributed by atoms with Crippen molar-refractivity contribution in [2.45, 2.75) is 25.5 Å². The molecule has 1 saturated carbocycles. The Labute approximate surface area is 108 Å². The highest BCUT2D eigenvalue weighted by Gasteiger charge is 2.21. The molecule has 0 amide bonds. The number of H-pyrrole nitrogens is 1. The van der Waals surface area contributed by atoms with Gasteiger partial charge in [-0.05, 0) is 25.0 Å². The fraction of sp³-hybridized carbons (Fsp3) is 0.308. The molecule has 0 saturated heterocycles. The summed E-state index contributed by atoms with van der Waals surface area (Å²) in [6.07, 6.45) is 2.33. The van der Waals surface area contributed by atoms with Gasteiger partial charge in [0.1, 0.15) is 11.6 Å². The molecule has 1 aliphatic carbocycles. The summed E-state index contributed by atoms with van der Waals surface area (Å²) in [7, 11) is 0. The molecule has 2 N–H and O–H groups in total. The van der Waals surface area contributed by atoms with Gasteiger partial charge in [-0.3, -0.25) is 5.10 Å². The third-order valence-electron chi connectivity index (χ3n) is 2.88. The topological polar surface area (TPSA) is 49.9 Å². The Balaban J connectivity index is 1.78. The van der Waals surface area contributed by atoms with Crippen molar-refractivity contribution >= 4 is 5.82 Å². The lowest BCUT2D eigenvalue weighted by Gasteiger charge is -2.05. The average Bonchev–Trinajstić information content (AvgIpc) is 3.04. The molecular formula is C13H13F2N3O. The number of rotatable bonds is 5. The Hall–Kier alpha value is -2.11. The van der Waals surface area contributed by atoms with Gasteiger partial charge >= 0.3 is 6.61 Å². The Morgan fingerprint density at radius 3 is 2.89 bits per heavy atom. The van der Waals surface area contributed by atoms with E-state index in [1.165, 1.54) is 18.9 Å². The minimum atomic E-state index is -2.82. The van der Waals surface area contributed by atoms with E-state index in [1.807, 2.05) is 12.1 Å². The van der Waals surface area contributed by atoms with Crippen LogP contribution in [-0.4, -0.2) is 22.9 Å². The number of nitrogens with one attached hydrogen (secondary N) is 2. The summed E-state index contributed by atoms with van der Waals surface area (Å²) in [5, 5.41) is 10.3. The molecule has 1 aromatic heterocycles. The normalized spacial score (nSPS) is 14.7. The van der Waals surface area contributed by atoms with Gasteiger partial charge in [0.15, 0.2) is 0 Å². The molecule has 1 aliphatic rings. The lowest BCUT2D eigenvalue weighted by molar-refractivity contribution is -0.0498. The SMILES string of the molecule is FC(F)Oc1cccc(-c2cc(NC3CC3)n[nH]2)c1. The van der Waals surface area contributed by atoms with Crippen LogP contribution in [0.25, 0.3) is 11.3 Å². The molecule has 0 atom stereocenters. The highest BCUT2D eigenvalue weighted by Crippen LogP contribution is 2.27. The summed E-state index contributed by atoms with van der Waals surface area (Å²) >= 11 is 0. The highest BCUT2D eigenvalue weighted by molar-refractivity contribution is 5.64. The zero-order valence-corrected chi connectivity index (χ0v) is 10.1. The van der Waals surface area contributed by atoms with E-state index < -0.39 is 6.61 Å². The molecule has 0 radical (unpaired) electrons. The molecule has 100 valence electrons. The molecule has 0 spiro atoms. The van der Waals surface area contributed by atoms with Crippen LogP contribution < -0.4 is 10.1 Å². The van der Waals surface area contributed by atoms with Crippen LogP contribution in [0.5, 0.6) is 5.75 Å². The molecule has 0 bridgehead atoms. The summed E-state index contributed by atoms with van der Waals surface area (Å²) in [6.45, 7) is -2.82. The maximum absolute atomic E-state index is 12.2. The van der Waals surface area contributed by atoms with Crippen LogP contribution in [0.2, 0.25) is 0 Å². The van der Waals surface area contributed by atoms with E-state index in [2.05, 4.69) is 20.3 Å². The van der Waals surface area contributed by atoms with E-state index in [0.717, 1.165) is 17.1 Å². The Bertz CT molecular complexity index is 567. The fourth-order valence-corrected chi connectivity index (χ4v) is 1.82. The van der Waals surface area contributed by atoms with Crippen LogP contribution in [0.4, 0.5) is 14.6 Å². The Morgan fingerprint density at radius 1 is 1.32 bits per heavy atom. The van der Waals surface area contributed by atoms with Gasteiger partial charge in [-0.2, -0.15) is 13.9 Å². The van der Waals surface area contributed by atoms with Gasteiger partial charge < -0.3 is 10.1 Å². The minimum Gasteiger partial charge on any atom is -0.435 e.